The second kappa shape index (κ2) is 27.7. The number of nitrogens with one attached hydrogen (secondary N) is 5. The fourth-order valence-corrected chi connectivity index (χ4v) is 4.41. The van der Waals surface area contributed by atoms with Crippen molar-refractivity contribution in [2.24, 2.45) is 0 Å². The summed E-state index contributed by atoms with van der Waals surface area (Å²) in [5.41, 5.74) is 0.693. The van der Waals surface area contributed by atoms with E-state index in [0.717, 1.165) is 0 Å². The number of hydrogen-bond donors (Lipinski definition) is 5. The highest BCUT2D eigenvalue weighted by Gasteiger charge is 2.29. The van der Waals surface area contributed by atoms with Gasteiger partial charge in [-0.25, -0.2) is 14.4 Å². The molecule has 292 valence electrons. The van der Waals surface area contributed by atoms with Gasteiger partial charge in [-0.3, -0.25) is 24.1 Å². The zero-order valence-corrected chi connectivity index (χ0v) is 30.3. The van der Waals surface area contributed by atoms with E-state index in [1.54, 1.807) is 37.3 Å². The van der Waals surface area contributed by atoms with Crippen molar-refractivity contribution in [2.45, 2.75) is 83.3 Å². The van der Waals surface area contributed by atoms with Crippen LogP contribution in [-0.2, 0) is 59.1 Å². The summed E-state index contributed by atoms with van der Waals surface area (Å²) in [5, 5.41) is 12.6. The van der Waals surface area contributed by atoms with Crippen LogP contribution in [0.1, 0.15) is 64.4 Å². The number of ether oxygens (including phenoxy) is 4. The molecule has 18 heteroatoms. The maximum absolute atomic E-state index is 13.5. The van der Waals surface area contributed by atoms with E-state index in [2.05, 4.69) is 36.4 Å². The summed E-state index contributed by atoms with van der Waals surface area (Å²) in [7, 11) is 2.61. The average molecular weight is 740 g/mol. The van der Waals surface area contributed by atoms with Crippen molar-refractivity contribution in [1.29, 1.82) is 0 Å². The number of unbranched alkanes of at least 4 members (excludes halogenated alkanes) is 1. The topological polar surface area (TPSA) is 235 Å². The van der Waals surface area contributed by atoms with Crippen LogP contribution in [0.5, 0.6) is 0 Å². The van der Waals surface area contributed by atoms with Gasteiger partial charge in [0.25, 0.3) is 0 Å². The molecule has 0 spiro atoms. The fourth-order valence-electron chi connectivity index (χ4n) is 4.41. The molecule has 0 saturated heterocycles. The number of carbonyl (C=O) groups is 7. The van der Waals surface area contributed by atoms with Crippen LogP contribution in [-0.4, -0.2) is 114 Å². The Morgan fingerprint density at radius 3 is 2.06 bits per heavy atom. The minimum absolute atomic E-state index is 0.0302. The molecule has 3 atom stereocenters. The SMILES string of the molecule is CCCOC(=O)CCC(NC(=O)CNC(=O)C(Cc1ccccc1)NC(=O)C(CCCCNC(=O)OOC)NC(=O)OCCOC)C(=O)OCCC. The summed E-state index contributed by atoms with van der Waals surface area (Å²) in [5.74, 6) is -3.42. The molecule has 1 aromatic rings. The van der Waals surface area contributed by atoms with Gasteiger partial charge in [-0.05, 0) is 44.1 Å². The minimum Gasteiger partial charge on any atom is -0.466 e. The van der Waals surface area contributed by atoms with Crippen LogP contribution >= 0.6 is 0 Å². The molecule has 0 heterocycles. The molecule has 0 aromatic heterocycles. The Hall–Kier alpha value is -4.97. The van der Waals surface area contributed by atoms with Crippen LogP contribution in [0, 0.1) is 0 Å². The first-order valence-electron chi connectivity index (χ1n) is 17.2. The first-order chi connectivity index (χ1) is 25.0. The van der Waals surface area contributed by atoms with Crippen molar-refractivity contribution in [3.05, 3.63) is 35.9 Å². The summed E-state index contributed by atoms with van der Waals surface area (Å²) >= 11 is 0. The molecule has 5 amide bonds. The second-order valence-corrected chi connectivity index (χ2v) is 11.3. The Balaban J connectivity index is 3.02. The monoisotopic (exact) mass is 739 g/mol. The normalized spacial score (nSPS) is 12.2. The third-order valence-corrected chi connectivity index (χ3v) is 6.99. The van der Waals surface area contributed by atoms with Gasteiger partial charge in [0.2, 0.25) is 17.7 Å². The van der Waals surface area contributed by atoms with E-state index >= 15 is 0 Å². The van der Waals surface area contributed by atoms with E-state index in [1.165, 1.54) is 14.2 Å². The molecule has 52 heavy (non-hydrogen) atoms. The molecule has 0 saturated carbocycles. The number of benzene rings is 1. The summed E-state index contributed by atoms with van der Waals surface area (Å²) < 4.78 is 20.1. The van der Waals surface area contributed by atoms with Crippen LogP contribution in [0.15, 0.2) is 30.3 Å². The lowest BCUT2D eigenvalue weighted by Gasteiger charge is -2.23. The summed E-state index contributed by atoms with van der Waals surface area (Å²) in [4.78, 5) is 97.1. The van der Waals surface area contributed by atoms with Gasteiger partial charge < -0.3 is 45.5 Å². The van der Waals surface area contributed by atoms with Crippen molar-refractivity contribution in [3.63, 3.8) is 0 Å². The fraction of sp³-hybridized carbons (Fsp3) is 0.618. The molecule has 1 aromatic carbocycles. The molecule has 18 nitrogen and oxygen atoms in total. The predicted molar refractivity (Wildman–Crippen MR) is 184 cm³/mol. The molecule has 0 aliphatic carbocycles. The number of carbonyl (C=O) groups excluding carboxylic acids is 7. The zero-order valence-electron chi connectivity index (χ0n) is 30.3. The van der Waals surface area contributed by atoms with Gasteiger partial charge in [0.15, 0.2) is 0 Å². The molecule has 1 rings (SSSR count). The minimum atomic E-state index is -1.19. The second-order valence-electron chi connectivity index (χ2n) is 11.3. The van der Waals surface area contributed by atoms with E-state index in [0.29, 0.717) is 31.2 Å². The highest BCUT2D eigenvalue weighted by molar-refractivity contribution is 5.93. The third kappa shape index (κ3) is 20.6. The average Bonchev–Trinajstić information content (AvgIpc) is 3.13. The van der Waals surface area contributed by atoms with Gasteiger partial charge >= 0.3 is 24.1 Å². The molecule has 5 N–H and O–H groups in total. The van der Waals surface area contributed by atoms with Crippen LogP contribution in [0.3, 0.4) is 0 Å². The zero-order chi connectivity index (χ0) is 38.6. The van der Waals surface area contributed by atoms with E-state index in [-0.39, 0.29) is 58.7 Å². The van der Waals surface area contributed by atoms with Crippen molar-refractivity contribution >= 4 is 41.8 Å². The van der Waals surface area contributed by atoms with Gasteiger partial charge in [-0.15, -0.1) is 0 Å². The molecule has 0 radical (unpaired) electrons. The van der Waals surface area contributed by atoms with Gasteiger partial charge in [-0.1, -0.05) is 44.2 Å². The number of hydrogen-bond acceptors (Lipinski definition) is 13. The Kier molecular flexibility index (Phi) is 24.0. The van der Waals surface area contributed by atoms with Crippen molar-refractivity contribution < 1.29 is 62.3 Å². The molecule has 0 fully saturated rings. The molecular weight excluding hydrogens is 686 g/mol. The van der Waals surface area contributed by atoms with E-state index < -0.39 is 66.5 Å². The largest absolute Gasteiger partial charge is 0.466 e. The summed E-state index contributed by atoms with van der Waals surface area (Å²) in [6.45, 7) is 3.67. The van der Waals surface area contributed by atoms with Gasteiger partial charge in [0.05, 0.1) is 33.5 Å². The molecule has 0 aliphatic heterocycles. The highest BCUT2D eigenvalue weighted by Crippen LogP contribution is 2.08. The maximum Gasteiger partial charge on any atom is 0.438 e. The number of esters is 2. The standard InChI is InChI=1S/C34H53N5O13/c1-5-18-49-29(41)16-15-26(32(44)50-19-6-2)37-28(40)23-36-30(42)27(22-24-12-8-7-9-13-24)38-31(43)25(39-34(46)51-21-20-47-3)14-10-11-17-35-33(45)52-48-4/h7-9,12-13,25-27H,5-6,10-11,14-23H2,1-4H3,(H,35,45)(H,36,42)(H,37,40)(H,38,43)(H,39,46). The van der Waals surface area contributed by atoms with Crippen molar-refractivity contribution in [2.75, 3.05) is 53.7 Å². The number of methoxy groups -OCH3 is 1. The lowest BCUT2D eigenvalue weighted by atomic mass is 10.0. The molecule has 3 unspecified atom stereocenters. The van der Waals surface area contributed by atoms with Crippen molar-refractivity contribution in [1.82, 2.24) is 26.6 Å². The molecular formula is C34H53N5O13. The summed E-state index contributed by atoms with van der Waals surface area (Å²) in [6.07, 6.45) is 0.173. The van der Waals surface area contributed by atoms with Crippen LogP contribution in [0.25, 0.3) is 0 Å². The van der Waals surface area contributed by atoms with Gasteiger partial charge in [0, 0.05) is 26.5 Å². The smallest absolute Gasteiger partial charge is 0.438 e. The Labute approximate surface area is 303 Å². The Morgan fingerprint density at radius 1 is 0.673 bits per heavy atom. The third-order valence-electron chi connectivity index (χ3n) is 6.99. The molecule has 0 bridgehead atoms. The number of rotatable bonds is 26. The van der Waals surface area contributed by atoms with Gasteiger partial charge in [0.1, 0.15) is 24.7 Å². The Bertz CT molecular complexity index is 1250. The maximum atomic E-state index is 13.5. The number of amides is 5. The highest BCUT2D eigenvalue weighted by atomic mass is 17.2. The van der Waals surface area contributed by atoms with E-state index in [9.17, 15) is 33.6 Å². The number of alkyl carbamates (subject to hydrolysis) is 1. The first-order valence-corrected chi connectivity index (χ1v) is 17.2. The summed E-state index contributed by atoms with van der Waals surface area (Å²) in [6, 6.07) is 5.30. The molecule has 0 aliphatic rings. The van der Waals surface area contributed by atoms with E-state index in [4.69, 9.17) is 18.9 Å². The van der Waals surface area contributed by atoms with Crippen LogP contribution in [0.4, 0.5) is 9.59 Å². The lowest BCUT2D eigenvalue weighted by molar-refractivity contribution is -0.212. The Morgan fingerprint density at radius 2 is 1.38 bits per heavy atom. The van der Waals surface area contributed by atoms with Crippen LogP contribution in [0.2, 0.25) is 0 Å². The van der Waals surface area contributed by atoms with Crippen LogP contribution < -0.4 is 26.6 Å². The quantitative estimate of drug-likeness (QED) is 0.0296. The predicted octanol–water partition coefficient (Wildman–Crippen LogP) is 1.20. The van der Waals surface area contributed by atoms with E-state index in [1.807, 2.05) is 6.92 Å². The van der Waals surface area contributed by atoms with Crippen molar-refractivity contribution in [3.8, 4) is 0 Å². The first kappa shape index (κ1) is 45.1. The lowest BCUT2D eigenvalue weighted by Crippen LogP contribution is -2.55. The van der Waals surface area contributed by atoms with Gasteiger partial charge in [-0.2, -0.15) is 4.89 Å².